The van der Waals surface area contributed by atoms with Crippen LogP contribution >= 0.6 is 12.6 Å². The van der Waals surface area contributed by atoms with E-state index in [0.29, 0.717) is 0 Å². The summed E-state index contributed by atoms with van der Waals surface area (Å²) in [5, 5.41) is 0. The van der Waals surface area contributed by atoms with E-state index >= 15 is 0 Å². The maximum absolute atomic E-state index is 5.82. The molecule has 0 saturated carbocycles. The third-order valence-corrected chi connectivity index (χ3v) is 4.29. The van der Waals surface area contributed by atoms with E-state index in [9.17, 15) is 0 Å². The second-order valence-corrected chi connectivity index (χ2v) is 6.45. The molecule has 0 saturated heterocycles. The van der Waals surface area contributed by atoms with Gasteiger partial charge in [0, 0.05) is 0 Å². The largest absolute Gasteiger partial charge is 0.494 e. The lowest BCUT2D eigenvalue weighted by atomic mass is 10.1. The Hall–Kier alpha value is -1.67. The summed E-state index contributed by atoms with van der Waals surface area (Å²) in [4.78, 5) is 0. The van der Waals surface area contributed by atoms with Gasteiger partial charge in [-0.1, -0.05) is 80.3 Å². The van der Waals surface area contributed by atoms with E-state index in [-0.39, 0.29) is 0 Å². The lowest BCUT2D eigenvalue weighted by Crippen LogP contribution is -1.97. The first kappa shape index (κ1) is 18.7. The van der Waals surface area contributed by atoms with Crippen molar-refractivity contribution >= 4 is 24.8 Å². The smallest absolute Gasteiger partial charge is 0.119 e. The summed E-state index contributed by atoms with van der Waals surface area (Å²) in [7, 11) is 0. The summed E-state index contributed by atoms with van der Waals surface area (Å²) in [5.41, 5.74) is 2.41. The number of hydrogen-bond donors (Lipinski definition) is 1. The maximum Gasteiger partial charge on any atom is 0.119 e. The number of hydrogen-bond acceptors (Lipinski definition) is 2. The van der Waals surface area contributed by atoms with E-state index in [1.54, 1.807) is 0 Å². The molecule has 0 unspecified atom stereocenters. The minimum Gasteiger partial charge on any atom is -0.494 e. The van der Waals surface area contributed by atoms with Crippen molar-refractivity contribution in [1.82, 2.24) is 0 Å². The van der Waals surface area contributed by atoms with Crippen LogP contribution < -0.4 is 4.74 Å². The van der Waals surface area contributed by atoms with Gasteiger partial charge in [0.1, 0.15) is 5.75 Å². The number of benzene rings is 2. The van der Waals surface area contributed by atoms with Gasteiger partial charge < -0.3 is 4.74 Å². The molecule has 128 valence electrons. The van der Waals surface area contributed by atoms with E-state index in [4.69, 9.17) is 4.74 Å². The molecule has 0 N–H and O–H groups in total. The van der Waals surface area contributed by atoms with E-state index < -0.39 is 0 Å². The number of unbranched alkanes of at least 4 members (excludes halogenated alkanes) is 5. The highest BCUT2D eigenvalue weighted by Crippen LogP contribution is 2.15. The minimum absolute atomic E-state index is 0.811. The summed E-state index contributed by atoms with van der Waals surface area (Å²) >= 11 is 4.23. The van der Waals surface area contributed by atoms with Crippen LogP contribution in [0.5, 0.6) is 5.75 Å². The molecule has 0 aliphatic carbocycles. The zero-order valence-electron chi connectivity index (χ0n) is 14.4. The Labute approximate surface area is 152 Å². The molecule has 2 heteroatoms. The molecule has 0 amide bonds. The molecule has 0 spiro atoms. The Balaban J connectivity index is 1.64. The van der Waals surface area contributed by atoms with Gasteiger partial charge in [-0.05, 0) is 41.9 Å². The van der Waals surface area contributed by atoms with E-state index in [0.717, 1.165) is 24.5 Å². The Bertz CT molecular complexity index is 575. The van der Waals surface area contributed by atoms with Gasteiger partial charge in [0.05, 0.1) is 6.61 Å². The van der Waals surface area contributed by atoms with Crippen molar-refractivity contribution in [2.24, 2.45) is 0 Å². The summed E-state index contributed by atoms with van der Waals surface area (Å²) in [5.74, 6) is 1.97. The van der Waals surface area contributed by atoms with Crippen LogP contribution in [0.2, 0.25) is 0 Å². The van der Waals surface area contributed by atoms with Gasteiger partial charge in [-0.25, -0.2) is 0 Å². The number of rotatable bonds is 11. The monoisotopic (exact) mass is 340 g/mol. The molecule has 24 heavy (non-hydrogen) atoms. The van der Waals surface area contributed by atoms with Crippen LogP contribution in [0.3, 0.4) is 0 Å². The van der Waals surface area contributed by atoms with Gasteiger partial charge in [-0.15, -0.1) is 0 Å². The fraction of sp³-hybridized carbons (Fsp3) is 0.364. The third-order valence-electron chi connectivity index (χ3n) is 3.97. The summed E-state index contributed by atoms with van der Waals surface area (Å²) < 4.78 is 5.82. The van der Waals surface area contributed by atoms with Crippen LogP contribution in [-0.2, 0) is 0 Å². The van der Waals surface area contributed by atoms with E-state index in [1.807, 2.05) is 6.07 Å². The van der Waals surface area contributed by atoms with Gasteiger partial charge in [0.15, 0.2) is 0 Å². The molecule has 0 aliphatic heterocycles. The zero-order valence-corrected chi connectivity index (χ0v) is 15.3. The second kappa shape index (κ2) is 11.8. The van der Waals surface area contributed by atoms with Gasteiger partial charge >= 0.3 is 0 Å². The first-order chi connectivity index (χ1) is 11.9. The Morgan fingerprint density at radius 3 is 1.92 bits per heavy atom. The lowest BCUT2D eigenvalue weighted by molar-refractivity contribution is 0.304. The van der Waals surface area contributed by atoms with Crippen LogP contribution in [0.15, 0.2) is 54.6 Å². The molecule has 1 nitrogen and oxygen atoms in total. The van der Waals surface area contributed by atoms with Crippen molar-refractivity contribution in [3.8, 4) is 5.75 Å². The normalized spacial score (nSPS) is 11.0. The van der Waals surface area contributed by atoms with Crippen molar-refractivity contribution in [3.63, 3.8) is 0 Å². The second-order valence-electron chi connectivity index (χ2n) is 6.01. The molecule has 2 aromatic carbocycles. The maximum atomic E-state index is 5.82. The third kappa shape index (κ3) is 7.74. The Morgan fingerprint density at radius 1 is 0.667 bits per heavy atom. The van der Waals surface area contributed by atoms with Crippen molar-refractivity contribution in [1.29, 1.82) is 0 Å². The Kier molecular flexibility index (Phi) is 9.18. The fourth-order valence-electron chi connectivity index (χ4n) is 2.54. The highest BCUT2D eigenvalue weighted by molar-refractivity contribution is 7.80. The molecule has 0 radical (unpaired) electrons. The van der Waals surface area contributed by atoms with E-state index in [2.05, 4.69) is 73.3 Å². The number of thiol groups is 1. The molecule has 0 aliphatic rings. The van der Waals surface area contributed by atoms with Gasteiger partial charge in [-0.3, -0.25) is 0 Å². The lowest BCUT2D eigenvalue weighted by Gasteiger charge is -2.06. The average molecular weight is 341 g/mol. The quantitative estimate of drug-likeness (QED) is 0.279. The van der Waals surface area contributed by atoms with Crippen LogP contribution in [0.1, 0.15) is 49.7 Å². The van der Waals surface area contributed by atoms with Crippen LogP contribution in [-0.4, -0.2) is 12.4 Å². The Morgan fingerprint density at radius 2 is 1.25 bits per heavy atom. The van der Waals surface area contributed by atoms with Crippen molar-refractivity contribution < 1.29 is 4.74 Å². The number of ether oxygens (including phenoxy) is 1. The van der Waals surface area contributed by atoms with Crippen LogP contribution in [0.4, 0.5) is 0 Å². The zero-order chi connectivity index (χ0) is 16.9. The van der Waals surface area contributed by atoms with Gasteiger partial charge in [0.25, 0.3) is 0 Å². The molecule has 0 heterocycles. The highest BCUT2D eigenvalue weighted by Gasteiger charge is 1.95. The average Bonchev–Trinajstić information content (AvgIpc) is 2.64. The van der Waals surface area contributed by atoms with Gasteiger partial charge in [-0.2, -0.15) is 12.6 Å². The molecular weight excluding hydrogens is 312 g/mol. The highest BCUT2D eigenvalue weighted by atomic mass is 32.1. The first-order valence-corrected chi connectivity index (χ1v) is 9.58. The summed E-state index contributed by atoms with van der Waals surface area (Å²) in [6.45, 7) is 0.811. The minimum atomic E-state index is 0.811. The predicted octanol–water partition coefficient (Wildman–Crippen LogP) is 6.51. The van der Waals surface area contributed by atoms with Gasteiger partial charge in [0.2, 0.25) is 0 Å². The topological polar surface area (TPSA) is 9.23 Å². The van der Waals surface area contributed by atoms with Crippen LogP contribution in [0.25, 0.3) is 12.2 Å². The molecule has 0 bridgehead atoms. The standard InChI is InChI=1S/C22H28OS/c24-19-9-4-2-1-3-8-18-23-22-16-14-21(15-17-22)13-12-20-10-6-5-7-11-20/h5-7,10-17,24H,1-4,8-9,18-19H2/b13-12+. The molecule has 0 atom stereocenters. The summed E-state index contributed by atoms with van der Waals surface area (Å²) in [6, 6.07) is 18.7. The first-order valence-electron chi connectivity index (χ1n) is 8.95. The molecular formula is C22H28OS. The van der Waals surface area contributed by atoms with Crippen molar-refractivity contribution in [2.75, 3.05) is 12.4 Å². The summed E-state index contributed by atoms with van der Waals surface area (Å²) in [6.07, 6.45) is 11.8. The predicted molar refractivity (Wildman–Crippen MR) is 109 cm³/mol. The van der Waals surface area contributed by atoms with Crippen molar-refractivity contribution in [3.05, 3.63) is 65.7 Å². The van der Waals surface area contributed by atoms with E-state index in [1.165, 1.54) is 43.2 Å². The van der Waals surface area contributed by atoms with Crippen molar-refractivity contribution in [2.45, 2.75) is 38.5 Å². The molecule has 0 aromatic heterocycles. The fourth-order valence-corrected chi connectivity index (χ4v) is 2.77. The molecule has 0 fully saturated rings. The van der Waals surface area contributed by atoms with Crippen LogP contribution in [0, 0.1) is 0 Å². The molecule has 2 aromatic rings. The SMILES string of the molecule is SCCCCCCCCOc1ccc(/C=C/c2ccccc2)cc1. The molecule has 2 rings (SSSR count).